The molecule has 0 spiro atoms. The Hall–Kier alpha value is -0.630. The van der Waals surface area contributed by atoms with Crippen molar-refractivity contribution in [3.63, 3.8) is 0 Å². The monoisotopic (exact) mass is 167 g/mol. The maximum atomic E-state index is 4.29. The standard InChI is InChI=1S/C9H13NS/c1-2-3-5-10-7-9-4-6-11-8-9/h4,6-8H,2-3,5H2,1H3. The molecule has 60 valence electrons. The second-order valence-corrected chi connectivity index (χ2v) is 3.23. The van der Waals surface area contributed by atoms with Crippen molar-refractivity contribution in [1.29, 1.82) is 0 Å². The minimum absolute atomic E-state index is 0.965. The fourth-order valence-electron chi connectivity index (χ4n) is 0.768. The zero-order valence-corrected chi connectivity index (χ0v) is 7.60. The molecule has 11 heavy (non-hydrogen) atoms. The Kier molecular flexibility index (Phi) is 3.91. The Morgan fingerprint density at radius 3 is 3.18 bits per heavy atom. The van der Waals surface area contributed by atoms with Crippen LogP contribution in [0.15, 0.2) is 21.8 Å². The van der Waals surface area contributed by atoms with Gasteiger partial charge in [0.05, 0.1) is 0 Å². The molecule has 1 nitrogen and oxygen atoms in total. The third-order valence-electron chi connectivity index (χ3n) is 1.42. The lowest BCUT2D eigenvalue weighted by Crippen LogP contribution is -1.80. The minimum Gasteiger partial charge on any atom is -0.293 e. The molecule has 0 amide bonds. The summed E-state index contributed by atoms with van der Waals surface area (Å²) in [7, 11) is 0. The average Bonchev–Trinajstić information content (AvgIpc) is 2.50. The summed E-state index contributed by atoms with van der Waals surface area (Å²) in [5.74, 6) is 0. The van der Waals surface area contributed by atoms with Gasteiger partial charge >= 0.3 is 0 Å². The maximum Gasteiger partial charge on any atom is 0.0389 e. The first-order chi connectivity index (χ1) is 5.43. The molecule has 0 N–H and O–H groups in total. The molecule has 1 aromatic rings. The summed E-state index contributed by atoms with van der Waals surface area (Å²) in [6.45, 7) is 3.15. The molecule has 1 aromatic heterocycles. The van der Waals surface area contributed by atoms with E-state index in [9.17, 15) is 0 Å². The normalized spacial score (nSPS) is 11.0. The van der Waals surface area contributed by atoms with Crippen molar-refractivity contribution in [1.82, 2.24) is 0 Å². The van der Waals surface area contributed by atoms with Crippen molar-refractivity contribution in [2.45, 2.75) is 19.8 Å². The van der Waals surface area contributed by atoms with Crippen LogP contribution in [0.5, 0.6) is 0 Å². The van der Waals surface area contributed by atoms with Crippen LogP contribution in [0.25, 0.3) is 0 Å². The second kappa shape index (κ2) is 5.08. The SMILES string of the molecule is CCCCN=Cc1ccsc1. The molecule has 0 saturated heterocycles. The molecule has 0 bridgehead atoms. The van der Waals surface area contributed by atoms with Crippen molar-refractivity contribution in [3.8, 4) is 0 Å². The zero-order valence-electron chi connectivity index (χ0n) is 6.79. The molecule has 0 aliphatic heterocycles. The van der Waals surface area contributed by atoms with Crippen LogP contribution < -0.4 is 0 Å². The summed E-state index contributed by atoms with van der Waals surface area (Å²) < 4.78 is 0. The predicted octanol–water partition coefficient (Wildman–Crippen LogP) is 2.97. The molecular weight excluding hydrogens is 154 g/mol. The fraction of sp³-hybridized carbons (Fsp3) is 0.444. The highest BCUT2D eigenvalue weighted by Gasteiger charge is 1.84. The lowest BCUT2D eigenvalue weighted by molar-refractivity contribution is 0.810. The van der Waals surface area contributed by atoms with Gasteiger partial charge in [-0.1, -0.05) is 13.3 Å². The van der Waals surface area contributed by atoms with Crippen LogP contribution in [0, 0.1) is 0 Å². The summed E-state index contributed by atoms with van der Waals surface area (Å²) in [6, 6.07) is 2.08. The number of thiophene rings is 1. The zero-order chi connectivity index (χ0) is 7.94. The van der Waals surface area contributed by atoms with Crippen LogP contribution in [0.3, 0.4) is 0 Å². The Labute approximate surface area is 71.8 Å². The molecule has 0 atom stereocenters. The van der Waals surface area contributed by atoms with Crippen LogP contribution in [-0.2, 0) is 0 Å². The largest absolute Gasteiger partial charge is 0.293 e. The van der Waals surface area contributed by atoms with Crippen LogP contribution >= 0.6 is 11.3 Å². The van der Waals surface area contributed by atoms with Gasteiger partial charge in [0.1, 0.15) is 0 Å². The van der Waals surface area contributed by atoms with Gasteiger partial charge in [0, 0.05) is 18.3 Å². The number of hydrogen-bond donors (Lipinski definition) is 0. The van der Waals surface area contributed by atoms with Gasteiger partial charge in [-0.15, -0.1) is 0 Å². The van der Waals surface area contributed by atoms with Crippen molar-refractivity contribution in [2.24, 2.45) is 4.99 Å². The summed E-state index contributed by atoms with van der Waals surface area (Å²) in [5.41, 5.74) is 1.23. The van der Waals surface area contributed by atoms with Gasteiger partial charge < -0.3 is 0 Å². The third-order valence-corrected chi connectivity index (χ3v) is 2.13. The van der Waals surface area contributed by atoms with E-state index in [1.807, 2.05) is 6.21 Å². The van der Waals surface area contributed by atoms with Gasteiger partial charge in [-0.25, -0.2) is 0 Å². The molecule has 0 fully saturated rings. The fourth-order valence-corrected chi connectivity index (χ4v) is 1.38. The third kappa shape index (κ3) is 3.33. The van der Waals surface area contributed by atoms with E-state index in [1.54, 1.807) is 11.3 Å². The van der Waals surface area contributed by atoms with E-state index in [4.69, 9.17) is 0 Å². The smallest absolute Gasteiger partial charge is 0.0389 e. The Balaban J connectivity index is 2.25. The van der Waals surface area contributed by atoms with E-state index < -0.39 is 0 Å². The lowest BCUT2D eigenvalue weighted by atomic mass is 10.3. The number of rotatable bonds is 4. The van der Waals surface area contributed by atoms with E-state index in [2.05, 4.69) is 28.7 Å². The van der Waals surface area contributed by atoms with Crippen LogP contribution in [0.1, 0.15) is 25.3 Å². The van der Waals surface area contributed by atoms with Crippen LogP contribution in [0.4, 0.5) is 0 Å². The van der Waals surface area contributed by atoms with Gasteiger partial charge in [-0.05, 0) is 23.2 Å². The minimum atomic E-state index is 0.965. The molecule has 0 aliphatic rings. The molecule has 2 heteroatoms. The van der Waals surface area contributed by atoms with Crippen molar-refractivity contribution in [3.05, 3.63) is 22.4 Å². The van der Waals surface area contributed by atoms with Crippen molar-refractivity contribution in [2.75, 3.05) is 6.54 Å². The number of unbranched alkanes of at least 4 members (excludes halogenated alkanes) is 1. The molecule has 0 radical (unpaired) electrons. The highest BCUT2D eigenvalue weighted by Crippen LogP contribution is 2.02. The summed E-state index contributed by atoms with van der Waals surface area (Å²) >= 11 is 1.71. The Morgan fingerprint density at radius 1 is 1.64 bits per heavy atom. The highest BCUT2D eigenvalue weighted by molar-refractivity contribution is 7.08. The predicted molar refractivity (Wildman–Crippen MR) is 51.7 cm³/mol. The first-order valence-electron chi connectivity index (χ1n) is 3.95. The van der Waals surface area contributed by atoms with E-state index >= 15 is 0 Å². The topological polar surface area (TPSA) is 12.4 Å². The first kappa shape index (κ1) is 8.47. The molecular formula is C9H13NS. The summed E-state index contributed by atoms with van der Waals surface area (Å²) in [5, 5.41) is 4.18. The second-order valence-electron chi connectivity index (χ2n) is 2.45. The summed E-state index contributed by atoms with van der Waals surface area (Å²) in [6.07, 6.45) is 4.37. The van der Waals surface area contributed by atoms with E-state index in [0.29, 0.717) is 0 Å². The quantitative estimate of drug-likeness (QED) is 0.483. The van der Waals surface area contributed by atoms with Crippen molar-refractivity contribution >= 4 is 17.6 Å². The summed E-state index contributed by atoms with van der Waals surface area (Å²) in [4.78, 5) is 4.29. The van der Waals surface area contributed by atoms with E-state index in [1.165, 1.54) is 18.4 Å². The van der Waals surface area contributed by atoms with Gasteiger partial charge in [-0.3, -0.25) is 4.99 Å². The Bertz CT molecular complexity index is 201. The number of aliphatic imine (C=N–C) groups is 1. The van der Waals surface area contributed by atoms with Gasteiger partial charge in [-0.2, -0.15) is 11.3 Å². The maximum absolute atomic E-state index is 4.29. The molecule has 0 unspecified atom stereocenters. The molecule has 0 saturated carbocycles. The number of nitrogens with zero attached hydrogens (tertiary/aromatic N) is 1. The van der Waals surface area contributed by atoms with Gasteiger partial charge in [0.2, 0.25) is 0 Å². The molecule has 1 heterocycles. The van der Waals surface area contributed by atoms with Gasteiger partial charge in [0.15, 0.2) is 0 Å². The van der Waals surface area contributed by atoms with E-state index in [0.717, 1.165) is 6.54 Å². The average molecular weight is 167 g/mol. The van der Waals surface area contributed by atoms with E-state index in [-0.39, 0.29) is 0 Å². The highest BCUT2D eigenvalue weighted by atomic mass is 32.1. The van der Waals surface area contributed by atoms with Crippen molar-refractivity contribution < 1.29 is 0 Å². The molecule has 0 aliphatic carbocycles. The van der Waals surface area contributed by atoms with Crippen LogP contribution in [-0.4, -0.2) is 12.8 Å². The lowest BCUT2D eigenvalue weighted by Gasteiger charge is -1.87. The molecule has 1 rings (SSSR count). The molecule has 0 aromatic carbocycles. The van der Waals surface area contributed by atoms with Crippen LogP contribution in [0.2, 0.25) is 0 Å². The first-order valence-corrected chi connectivity index (χ1v) is 4.90. The number of hydrogen-bond acceptors (Lipinski definition) is 2. The van der Waals surface area contributed by atoms with Gasteiger partial charge in [0.25, 0.3) is 0 Å². The Morgan fingerprint density at radius 2 is 2.55 bits per heavy atom.